The molecule has 3 aromatic rings. The van der Waals surface area contributed by atoms with Gasteiger partial charge in [-0.25, -0.2) is 0 Å². The lowest BCUT2D eigenvalue weighted by molar-refractivity contribution is -0.136. The summed E-state index contributed by atoms with van der Waals surface area (Å²) in [6.45, 7) is 10.8. The zero-order valence-electron chi connectivity index (χ0n) is 28.2. The van der Waals surface area contributed by atoms with E-state index in [0.29, 0.717) is 29.1 Å². The van der Waals surface area contributed by atoms with Gasteiger partial charge in [0.05, 0.1) is 24.0 Å². The monoisotopic (exact) mass is 634 g/mol. The number of likely N-dealkylation sites (tertiary alicyclic amines) is 2. The van der Waals surface area contributed by atoms with Gasteiger partial charge in [-0.3, -0.25) is 14.5 Å². The van der Waals surface area contributed by atoms with Crippen molar-refractivity contribution in [3.63, 3.8) is 0 Å². The Balaban J connectivity index is 1.31. The van der Waals surface area contributed by atoms with Crippen molar-refractivity contribution in [1.29, 1.82) is 0 Å². The standard InChI is InChI=1S/C35H50N6O3S/c1-35(2,3)26-19-28(32(44-7)29(20-26)37-45-8)36-33(42)30-18-24-10-9-11-25(31(24)39(30)6)21-40-15-12-23(13-16-40)34(43)41-17-14-27(22-41)38(4)5/h9-11,18-20,23,27,37H,12-17,21-22H2,1-8H3,(H,36,42). The molecule has 0 saturated carbocycles. The number of methoxy groups -OCH3 is 1. The number of anilines is 2. The van der Waals surface area contributed by atoms with Crippen LogP contribution in [0.25, 0.3) is 10.9 Å². The largest absolute Gasteiger partial charge is 0.492 e. The molecular formula is C35H50N6O3S. The van der Waals surface area contributed by atoms with Crippen molar-refractivity contribution in [2.75, 3.05) is 63.7 Å². The topological polar surface area (TPSA) is 82.1 Å². The molecule has 2 aliphatic heterocycles. The summed E-state index contributed by atoms with van der Waals surface area (Å²) in [6, 6.07) is 12.8. The Hall–Kier alpha value is -3.21. The number of nitrogens with zero attached hydrogens (tertiary/aromatic N) is 4. The van der Waals surface area contributed by atoms with Gasteiger partial charge in [0.1, 0.15) is 5.69 Å². The van der Waals surface area contributed by atoms with Crippen molar-refractivity contribution >= 4 is 46.0 Å². The number of para-hydroxylation sites is 1. The van der Waals surface area contributed by atoms with Crippen LogP contribution >= 0.6 is 11.9 Å². The number of hydrogen-bond donors (Lipinski definition) is 2. The molecule has 1 aromatic heterocycles. The lowest BCUT2D eigenvalue weighted by Crippen LogP contribution is -2.42. The summed E-state index contributed by atoms with van der Waals surface area (Å²) in [5.41, 5.74) is 5.29. The lowest BCUT2D eigenvalue weighted by Gasteiger charge is -2.33. The summed E-state index contributed by atoms with van der Waals surface area (Å²) in [5.74, 6) is 0.870. The third-order valence-electron chi connectivity index (χ3n) is 9.53. The van der Waals surface area contributed by atoms with Gasteiger partial charge in [-0.2, -0.15) is 0 Å². The van der Waals surface area contributed by atoms with Crippen LogP contribution in [0.1, 0.15) is 61.6 Å². The third kappa shape index (κ3) is 7.13. The number of aryl methyl sites for hydroxylation is 1. The van der Waals surface area contributed by atoms with Crippen LogP contribution in [0.15, 0.2) is 36.4 Å². The smallest absolute Gasteiger partial charge is 0.272 e. The highest BCUT2D eigenvalue weighted by Gasteiger charge is 2.33. The molecule has 2 N–H and O–H groups in total. The first-order valence-corrected chi connectivity index (χ1v) is 17.2. The van der Waals surface area contributed by atoms with Crippen LogP contribution < -0.4 is 14.8 Å². The first-order valence-electron chi connectivity index (χ1n) is 16.0. The van der Waals surface area contributed by atoms with Gasteiger partial charge in [-0.1, -0.05) is 50.9 Å². The minimum Gasteiger partial charge on any atom is -0.492 e. The Labute approximate surface area is 272 Å². The number of rotatable bonds is 9. The second-order valence-electron chi connectivity index (χ2n) is 13.8. The van der Waals surface area contributed by atoms with Gasteiger partial charge < -0.3 is 29.1 Å². The van der Waals surface area contributed by atoms with E-state index in [4.69, 9.17) is 4.74 Å². The van der Waals surface area contributed by atoms with Gasteiger partial charge in [0.2, 0.25) is 5.91 Å². The van der Waals surface area contributed by atoms with Gasteiger partial charge >= 0.3 is 0 Å². The fourth-order valence-corrected chi connectivity index (χ4v) is 7.17. The molecule has 2 saturated heterocycles. The predicted octanol–water partition coefficient (Wildman–Crippen LogP) is 5.80. The van der Waals surface area contributed by atoms with Crippen molar-refractivity contribution in [2.24, 2.45) is 13.0 Å². The second-order valence-corrected chi connectivity index (χ2v) is 14.4. The quantitative estimate of drug-likeness (QED) is 0.288. The van der Waals surface area contributed by atoms with Crippen molar-refractivity contribution < 1.29 is 14.3 Å². The number of aromatic nitrogens is 1. The molecule has 2 aliphatic rings. The van der Waals surface area contributed by atoms with E-state index in [1.54, 1.807) is 7.11 Å². The number of ether oxygens (including phenoxy) is 1. The molecule has 0 spiro atoms. The molecule has 2 fully saturated rings. The maximum atomic E-state index is 13.8. The Morgan fingerprint density at radius 2 is 1.76 bits per heavy atom. The highest BCUT2D eigenvalue weighted by molar-refractivity contribution is 7.99. The van der Waals surface area contributed by atoms with Gasteiger partial charge in [0.25, 0.3) is 5.91 Å². The summed E-state index contributed by atoms with van der Waals surface area (Å²) in [5, 5.41) is 4.19. The minimum atomic E-state index is -0.183. The van der Waals surface area contributed by atoms with E-state index in [1.165, 1.54) is 17.5 Å². The zero-order chi connectivity index (χ0) is 32.5. The van der Waals surface area contributed by atoms with E-state index in [1.807, 2.05) is 30.0 Å². The predicted molar refractivity (Wildman–Crippen MR) is 186 cm³/mol. The van der Waals surface area contributed by atoms with E-state index >= 15 is 0 Å². The highest BCUT2D eigenvalue weighted by atomic mass is 32.2. The van der Waals surface area contributed by atoms with Gasteiger partial charge in [-0.15, -0.1) is 0 Å². The fourth-order valence-electron chi connectivity index (χ4n) is 6.79. The van der Waals surface area contributed by atoms with E-state index in [9.17, 15) is 9.59 Å². The number of amides is 2. The summed E-state index contributed by atoms with van der Waals surface area (Å²) in [4.78, 5) is 33.8. The van der Waals surface area contributed by atoms with Crippen LogP contribution in [-0.4, -0.2) is 90.8 Å². The van der Waals surface area contributed by atoms with Gasteiger partial charge in [-0.05, 0) is 81.2 Å². The van der Waals surface area contributed by atoms with Crippen molar-refractivity contribution in [3.05, 3.63) is 53.2 Å². The number of carbonyl (C=O) groups excluding carboxylic acids is 2. The molecule has 2 aromatic carbocycles. The summed E-state index contributed by atoms with van der Waals surface area (Å²) in [6.07, 6.45) is 4.81. The van der Waals surface area contributed by atoms with E-state index in [-0.39, 0.29) is 17.2 Å². The van der Waals surface area contributed by atoms with Crippen molar-refractivity contribution in [1.82, 2.24) is 19.3 Å². The molecule has 2 amide bonds. The normalized spacial score (nSPS) is 18.2. The molecule has 0 bridgehead atoms. The number of benzene rings is 2. The lowest BCUT2D eigenvalue weighted by atomic mass is 9.86. The molecule has 10 heteroatoms. The number of hydrogen-bond acceptors (Lipinski definition) is 7. The second kappa shape index (κ2) is 13.6. The Kier molecular flexibility index (Phi) is 10.1. The Morgan fingerprint density at radius 3 is 2.38 bits per heavy atom. The molecule has 0 radical (unpaired) electrons. The highest BCUT2D eigenvalue weighted by Crippen LogP contribution is 2.40. The first kappa shape index (κ1) is 33.2. The van der Waals surface area contributed by atoms with Crippen LogP contribution in [-0.2, 0) is 23.8 Å². The van der Waals surface area contributed by atoms with Crippen LogP contribution in [0.5, 0.6) is 5.75 Å². The average Bonchev–Trinajstić information content (AvgIpc) is 3.63. The molecule has 0 aliphatic carbocycles. The van der Waals surface area contributed by atoms with Gasteiger partial charge in [0.15, 0.2) is 5.75 Å². The van der Waals surface area contributed by atoms with Crippen molar-refractivity contribution in [2.45, 2.75) is 58.0 Å². The van der Waals surface area contributed by atoms with E-state index in [0.717, 1.165) is 74.1 Å². The molecule has 3 heterocycles. The van der Waals surface area contributed by atoms with Crippen LogP contribution in [0, 0.1) is 5.92 Å². The Bertz CT molecular complexity index is 1540. The number of piperidine rings is 1. The molecule has 1 unspecified atom stereocenters. The average molecular weight is 635 g/mol. The molecule has 9 nitrogen and oxygen atoms in total. The molecule has 45 heavy (non-hydrogen) atoms. The molecule has 244 valence electrons. The van der Waals surface area contributed by atoms with E-state index in [2.05, 4.69) is 83.9 Å². The van der Waals surface area contributed by atoms with Crippen molar-refractivity contribution in [3.8, 4) is 5.75 Å². The molecule has 5 rings (SSSR count). The summed E-state index contributed by atoms with van der Waals surface area (Å²) in [7, 11) is 7.79. The molecular weight excluding hydrogens is 584 g/mol. The summed E-state index contributed by atoms with van der Waals surface area (Å²) < 4.78 is 11.1. The van der Waals surface area contributed by atoms with Crippen LogP contribution in [0.3, 0.4) is 0 Å². The fraction of sp³-hybridized carbons (Fsp3) is 0.543. The number of carbonyl (C=O) groups is 2. The first-order chi connectivity index (χ1) is 21.4. The Morgan fingerprint density at radius 1 is 1.04 bits per heavy atom. The van der Waals surface area contributed by atoms with E-state index < -0.39 is 0 Å². The maximum absolute atomic E-state index is 13.8. The minimum absolute atomic E-state index is 0.111. The van der Waals surface area contributed by atoms with Gasteiger partial charge in [0, 0.05) is 50.3 Å². The number of likely N-dealkylation sites (N-methyl/N-ethyl adjacent to an activating group) is 1. The number of fused-ring (bicyclic) bond motifs is 1. The zero-order valence-corrected chi connectivity index (χ0v) is 29.0. The molecule has 1 atom stereocenters. The maximum Gasteiger partial charge on any atom is 0.272 e. The summed E-state index contributed by atoms with van der Waals surface area (Å²) >= 11 is 1.49. The van der Waals surface area contributed by atoms with Crippen LogP contribution in [0.4, 0.5) is 11.4 Å². The number of nitrogens with one attached hydrogen (secondary N) is 2. The SMILES string of the molecule is COc1c(NSC)cc(C(C)(C)C)cc1NC(=O)c1cc2cccc(CN3CCC(C(=O)N4CCC(N(C)C)C4)CC3)c2n1C. The third-order valence-corrected chi connectivity index (χ3v) is 9.95. The van der Waals surface area contributed by atoms with Crippen LogP contribution in [0.2, 0.25) is 0 Å².